The Morgan fingerprint density at radius 2 is 1.71 bits per heavy atom. The van der Waals surface area contributed by atoms with Crippen LogP contribution >= 0.6 is 0 Å². The highest BCUT2D eigenvalue weighted by Crippen LogP contribution is 2.24. The van der Waals surface area contributed by atoms with Crippen molar-refractivity contribution < 1.29 is 25.5 Å². The molecule has 1 aliphatic heterocycles. The number of hydrogen-bond donors (Lipinski definition) is 1. The van der Waals surface area contributed by atoms with E-state index in [-0.39, 0.29) is 4.90 Å². The lowest BCUT2D eigenvalue weighted by Gasteiger charge is -2.34. The van der Waals surface area contributed by atoms with Crippen LogP contribution in [0.5, 0.6) is 0 Å². The molecule has 0 bridgehead atoms. The van der Waals surface area contributed by atoms with Crippen molar-refractivity contribution in [1.82, 2.24) is 4.72 Å². The average Bonchev–Trinajstić information content (AvgIpc) is 2.37. The Kier molecular flexibility index (Phi) is 4.39. The zero-order chi connectivity index (χ0) is 15.7. The molecule has 0 saturated carbocycles. The van der Waals surface area contributed by atoms with Crippen LogP contribution in [-0.4, -0.2) is 35.6 Å². The predicted molar refractivity (Wildman–Crippen MR) is 73.5 cm³/mol. The number of rotatable bonds is 4. The summed E-state index contributed by atoms with van der Waals surface area (Å²) >= 11 is 0. The van der Waals surface area contributed by atoms with E-state index in [1.165, 1.54) is 12.1 Å². The van der Waals surface area contributed by atoms with Crippen molar-refractivity contribution in [2.45, 2.75) is 35.1 Å². The van der Waals surface area contributed by atoms with Gasteiger partial charge in [0.25, 0.3) is 0 Å². The van der Waals surface area contributed by atoms with Gasteiger partial charge < -0.3 is 4.74 Å². The maximum atomic E-state index is 13.0. The van der Waals surface area contributed by atoms with Crippen molar-refractivity contribution in [3.8, 4) is 0 Å². The average molecular weight is 337 g/mol. The molecule has 0 spiro atoms. The minimum absolute atomic E-state index is 0.283. The Morgan fingerprint density at radius 1 is 1.14 bits per heavy atom. The van der Waals surface area contributed by atoms with Gasteiger partial charge in [0.2, 0.25) is 10.0 Å². The third-order valence-electron chi connectivity index (χ3n) is 3.37. The van der Waals surface area contributed by atoms with E-state index in [0.717, 1.165) is 12.1 Å². The molecule has 6 nitrogen and oxygen atoms in total. The number of ether oxygens (including phenoxy) is 1. The second kappa shape index (κ2) is 5.64. The largest absolute Gasteiger partial charge is 0.381 e. The zero-order valence-corrected chi connectivity index (χ0v) is 13.0. The number of benzene rings is 1. The zero-order valence-electron chi connectivity index (χ0n) is 11.4. The third kappa shape index (κ3) is 4.00. The first-order valence-corrected chi connectivity index (χ1v) is 9.16. The van der Waals surface area contributed by atoms with Crippen LogP contribution in [0.4, 0.5) is 3.89 Å². The quantitative estimate of drug-likeness (QED) is 0.834. The molecule has 0 amide bonds. The van der Waals surface area contributed by atoms with Gasteiger partial charge in [0.15, 0.2) is 0 Å². The first kappa shape index (κ1) is 16.3. The summed E-state index contributed by atoms with van der Waals surface area (Å²) in [5.74, 6) is 0. The first-order valence-electron chi connectivity index (χ1n) is 6.29. The Bertz CT molecular complexity index is 724. The van der Waals surface area contributed by atoms with E-state index in [9.17, 15) is 20.7 Å². The van der Waals surface area contributed by atoms with Crippen LogP contribution in [0, 0.1) is 0 Å². The Hall–Kier alpha value is -1.03. The molecule has 118 valence electrons. The molecule has 0 aromatic heterocycles. The van der Waals surface area contributed by atoms with Gasteiger partial charge in [-0.15, -0.1) is 3.89 Å². The highest BCUT2D eigenvalue weighted by Gasteiger charge is 2.33. The second-order valence-corrected chi connectivity index (χ2v) is 8.22. The van der Waals surface area contributed by atoms with Gasteiger partial charge in [-0.2, -0.15) is 8.42 Å². The monoisotopic (exact) mass is 337 g/mol. The van der Waals surface area contributed by atoms with Crippen molar-refractivity contribution >= 4 is 20.2 Å². The SMILES string of the molecule is CC1(NS(=O)(=O)c2cccc(S(=O)(=O)F)c2)CCOCC1. The van der Waals surface area contributed by atoms with E-state index in [4.69, 9.17) is 4.74 Å². The number of halogens is 1. The molecule has 2 rings (SSSR count). The van der Waals surface area contributed by atoms with Gasteiger partial charge in [0, 0.05) is 18.8 Å². The summed E-state index contributed by atoms with van der Waals surface area (Å²) in [6.07, 6.45) is 1.01. The molecule has 1 aromatic carbocycles. The van der Waals surface area contributed by atoms with E-state index in [1.54, 1.807) is 6.92 Å². The molecule has 0 radical (unpaired) electrons. The fraction of sp³-hybridized carbons (Fsp3) is 0.500. The molecule has 1 fully saturated rings. The van der Waals surface area contributed by atoms with Crippen LogP contribution in [0.3, 0.4) is 0 Å². The summed E-state index contributed by atoms with van der Waals surface area (Å²) in [5, 5.41) is 0. The summed E-state index contributed by atoms with van der Waals surface area (Å²) in [4.78, 5) is -0.962. The molecule has 0 aliphatic carbocycles. The van der Waals surface area contributed by atoms with Gasteiger partial charge in [-0.3, -0.25) is 0 Å². The van der Waals surface area contributed by atoms with E-state index in [2.05, 4.69) is 4.72 Å². The van der Waals surface area contributed by atoms with Crippen LogP contribution in [0.2, 0.25) is 0 Å². The molecule has 1 aromatic rings. The lowest BCUT2D eigenvalue weighted by Crippen LogP contribution is -2.49. The third-order valence-corrected chi connectivity index (χ3v) is 5.83. The molecule has 0 unspecified atom stereocenters. The molecule has 1 N–H and O–H groups in total. The Morgan fingerprint density at radius 3 is 2.29 bits per heavy atom. The van der Waals surface area contributed by atoms with Crippen molar-refractivity contribution in [3.05, 3.63) is 24.3 Å². The van der Waals surface area contributed by atoms with Crippen molar-refractivity contribution in [3.63, 3.8) is 0 Å². The Balaban J connectivity index is 2.32. The molecule has 1 aliphatic rings. The minimum atomic E-state index is -4.95. The van der Waals surface area contributed by atoms with Gasteiger partial charge in [-0.05, 0) is 38.0 Å². The second-order valence-electron chi connectivity index (χ2n) is 5.19. The van der Waals surface area contributed by atoms with Crippen LogP contribution in [0.1, 0.15) is 19.8 Å². The number of hydrogen-bond acceptors (Lipinski definition) is 5. The molecule has 0 atom stereocenters. The van der Waals surface area contributed by atoms with Crippen molar-refractivity contribution in [1.29, 1.82) is 0 Å². The minimum Gasteiger partial charge on any atom is -0.381 e. The summed E-state index contributed by atoms with van der Waals surface area (Å²) in [6, 6.07) is 4.22. The summed E-state index contributed by atoms with van der Waals surface area (Å²) in [7, 11) is -8.88. The lowest BCUT2D eigenvalue weighted by atomic mass is 9.94. The fourth-order valence-corrected chi connectivity index (χ4v) is 4.19. The van der Waals surface area contributed by atoms with Crippen LogP contribution in [-0.2, 0) is 25.0 Å². The van der Waals surface area contributed by atoms with Gasteiger partial charge in [0.05, 0.1) is 9.79 Å². The van der Waals surface area contributed by atoms with Gasteiger partial charge in [-0.1, -0.05) is 6.07 Å². The molecular weight excluding hydrogens is 321 g/mol. The maximum absolute atomic E-state index is 13.0. The highest BCUT2D eigenvalue weighted by molar-refractivity contribution is 7.89. The fourth-order valence-electron chi connectivity index (χ4n) is 2.10. The molecule has 1 heterocycles. The topological polar surface area (TPSA) is 89.5 Å². The summed E-state index contributed by atoms with van der Waals surface area (Å²) < 4.78 is 67.1. The van der Waals surface area contributed by atoms with Gasteiger partial charge >= 0.3 is 10.2 Å². The van der Waals surface area contributed by atoms with E-state index >= 15 is 0 Å². The standard InChI is InChI=1S/C12H16FNO5S2/c1-12(5-7-19-8-6-12)14-21(17,18)11-4-2-3-10(9-11)20(13,15)16/h2-4,9,14H,5-8H2,1H3. The van der Waals surface area contributed by atoms with Crippen LogP contribution in [0.15, 0.2) is 34.1 Å². The van der Waals surface area contributed by atoms with Crippen molar-refractivity contribution in [2.24, 2.45) is 0 Å². The van der Waals surface area contributed by atoms with Crippen molar-refractivity contribution in [2.75, 3.05) is 13.2 Å². The molecule has 21 heavy (non-hydrogen) atoms. The summed E-state index contributed by atoms with van der Waals surface area (Å²) in [5.41, 5.74) is -0.665. The molecule has 1 saturated heterocycles. The highest BCUT2D eigenvalue weighted by atomic mass is 32.3. The van der Waals surface area contributed by atoms with Gasteiger partial charge in [0.1, 0.15) is 0 Å². The molecular formula is C12H16FNO5S2. The predicted octanol–water partition coefficient (Wildman–Crippen LogP) is 1.19. The maximum Gasteiger partial charge on any atom is 0.332 e. The number of nitrogens with one attached hydrogen (secondary N) is 1. The number of sulfonamides is 1. The van der Waals surface area contributed by atoms with E-state index in [1.807, 2.05) is 0 Å². The van der Waals surface area contributed by atoms with E-state index in [0.29, 0.717) is 26.1 Å². The summed E-state index contributed by atoms with van der Waals surface area (Å²) in [6.45, 7) is 2.64. The molecule has 9 heteroatoms. The smallest absolute Gasteiger partial charge is 0.332 e. The normalized spacial score (nSPS) is 19.3. The van der Waals surface area contributed by atoms with Gasteiger partial charge in [-0.25, -0.2) is 13.1 Å². The first-order chi connectivity index (χ1) is 9.62. The Labute approximate surface area is 123 Å². The van der Waals surface area contributed by atoms with Crippen LogP contribution < -0.4 is 4.72 Å². The lowest BCUT2D eigenvalue weighted by molar-refractivity contribution is 0.0537. The van der Waals surface area contributed by atoms with Crippen LogP contribution in [0.25, 0.3) is 0 Å². The van der Waals surface area contributed by atoms with E-state index < -0.39 is 30.7 Å².